The van der Waals surface area contributed by atoms with Gasteiger partial charge in [-0.05, 0) is 25.1 Å². The van der Waals surface area contributed by atoms with Gasteiger partial charge in [-0.25, -0.2) is 4.68 Å². The van der Waals surface area contributed by atoms with Gasteiger partial charge in [0.25, 0.3) is 5.56 Å². The maximum atomic E-state index is 11.9. The number of benzene rings is 1. The lowest BCUT2D eigenvalue weighted by Crippen LogP contribution is -2.19. The predicted molar refractivity (Wildman–Crippen MR) is 60.8 cm³/mol. The molecule has 0 aliphatic carbocycles. The number of phenolic OH excluding ortho intramolecular Hbond substituents is 1. The Morgan fingerprint density at radius 1 is 1.38 bits per heavy atom. The first-order chi connectivity index (χ1) is 7.74. The zero-order chi connectivity index (χ0) is 11.5. The van der Waals surface area contributed by atoms with Gasteiger partial charge in [-0.3, -0.25) is 9.89 Å². The van der Waals surface area contributed by atoms with Gasteiger partial charge in [-0.1, -0.05) is 12.1 Å². The highest BCUT2D eigenvalue weighted by molar-refractivity contribution is 5.44. The van der Waals surface area contributed by atoms with Crippen molar-refractivity contribution in [2.45, 2.75) is 6.42 Å². The van der Waals surface area contributed by atoms with Gasteiger partial charge in [0.1, 0.15) is 11.4 Å². The normalized spacial score (nSPS) is 10.6. The molecule has 0 aliphatic rings. The number of aromatic hydroxyl groups is 1. The van der Waals surface area contributed by atoms with Crippen LogP contribution in [0.1, 0.15) is 5.56 Å². The first kappa shape index (κ1) is 10.5. The lowest BCUT2D eigenvalue weighted by atomic mass is 10.2. The van der Waals surface area contributed by atoms with Gasteiger partial charge in [-0.2, -0.15) is 0 Å². The Bertz CT molecular complexity index is 542. The third kappa shape index (κ3) is 1.72. The highest BCUT2D eigenvalue weighted by Crippen LogP contribution is 2.18. The number of nitrogens with one attached hydrogen (secondary N) is 1. The molecule has 0 saturated heterocycles. The third-order valence-corrected chi connectivity index (χ3v) is 2.38. The molecule has 0 saturated carbocycles. The Morgan fingerprint density at radius 2 is 2.12 bits per heavy atom. The van der Waals surface area contributed by atoms with Crippen LogP contribution in [0.5, 0.6) is 5.75 Å². The second kappa shape index (κ2) is 4.24. The zero-order valence-corrected chi connectivity index (χ0v) is 8.68. The van der Waals surface area contributed by atoms with Gasteiger partial charge < -0.3 is 10.8 Å². The van der Waals surface area contributed by atoms with Crippen molar-refractivity contribution < 1.29 is 5.11 Å². The zero-order valence-electron chi connectivity index (χ0n) is 8.68. The van der Waals surface area contributed by atoms with E-state index >= 15 is 0 Å². The van der Waals surface area contributed by atoms with Crippen LogP contribution in [0.4, 0.5) is 0 Å². The Morgan fingerprint density at radius 3 is 2.81 bits per heavy atom. The van der Waals surface area contributed by atoms with Crippen molar-refractivity contribution in [3.63, 3.8) is 0 Å². The molecule has 5 nitrogen and oxygen atoms in total. The van der Waals surface area contributed by atoms with Gasteiger partial charge in [0.15, 0.2) is 0 Å². The molecule has 1 aromatic carbocycles. The van der Waals surface area contributed by atoms with E-state index < -0.39 is 0 Å². The van der Waals surface area contributed by atoms with Crippen LogP contribution in [0.3, 0.4) is 0 Å². The molecule has 4 N–H and O–H groups in total. The summed E-state index contributed by atoms with van der Waals surface area (Å²) in [5.41, 5.74) is 6.28. The molecule has 0 bridgehead atoms. The Balaban J connectivity index is 2.50. The molecule has 0 atom stereocenters. The van der Waals surface area contributed by atoms with Crippen molar-refractivity contribution >= 4 is 0 Å². The maximum Gasteiger partial charge on any atom is 0.274 e. The van der Waals surface area contributed by atoms with Crippen LogP contribution in [0, 0.1) is 0 Å². The van der Waals surface area contributed by atoms with Crippen LogP contribution in [-0.4, -0.2) is 21.4 Å². The van der Waals surface area contributed by atoms with Crippen molar-refractivity contribution in [1.29, 1.82) is 0 Å². The number of nitrogens with two attached hydrogens (primary N) is 1. The van der Waals surface area contributed by atoms with Crippen molar-refractivity contribution in [2.24, 2.45) is 5.73 Å². The number of nitrogens with zero attached hydrogens (tertiary/aromatic N) is 1. The fraction of sp³-hybridized carbons (Fsp3) is 0.182. The molecule has 0 amide bonds. The Hall–Kier alpha value is -2.01. The van der Waals surface area contributed by atoms with Crippen LogP contribution < -0.4 is 11.3 Å². The molecule has 5 heteroatoms. The number of H-pyrrole nitrogens is 1. The van der Waals surface area contributed by atoms with Crippen molar-refractivity contribution in [3.05, 3.63) is 46.4 Å². The summed E-state index contributed by atoms with van der Waals surface area (Å²) >= 11 is 0. The van der Waals surface area contributed by atoms with E-state index in [1.807, 2.05) is 0 Å². The molecule has 0 aliphatic heterocycles. The molecule has 0 fully saturated rings. The summed E-state index contributed by atoms with van der Waals surface area (Å²) < 4.78 is 1.31. The highest BCUT2D eigenvalue weighted by atomic mass is 16.3. The van der Waals surface area contributed by atoms with Crippen LogP contribution >= 0.6 is 0 Å². The highest BCUT2D eigenvalue weighted by Gasteiger charge is 2.09. The van der Waals surface area contributed by atoms with Gasteiger partial charge in [0.05, 0.1) is 0 Å². The first-order valence-electron chi connectivity index (χ1n) is 5.02. The average Bonchev–Trinajstić information content (AvgIpc) is 2.62. The van der Waals surface area contributed by atoms with E-state index in [1.165, 1.54) is 10.7 Å². The molecule has 2 rings (SSSR count). The second-order valence-corrected chi connectivity index (χ2v) is 3.47. The number of rotatable bonds is 3. The summed E-state index contributed by atoms with van der Waals surface area (Å²) in [5.74, 6) is 0.0609. The monoisotopic (exact) mass is 219 g/mol. The summed E-state index contributed by atoms with van der Waals surface area (Å²) in [5, 5.41) is 12.4. The topological polar surface area (TPSA) is 84.0 Å². The standard InChI is InChI=1S/C11H13N3O2/c12-6-5-8-7-13-14(11(8)16)9-3-1-2-4-10(9)15/h1-4,7,13,15H,5-6,12H2. The minimum atomic E-state index is -0.174. The smallest absolute Gasteiger partial charge is 0.274 e. The largest absolute Gasteiger partial charge is 0.506 e. The SMILES string of the molecule is NCCc1c[nH]n(-c2ccccc2O)c1=O. The van der Waals surface area contributed by atoms with E-state index in [2.05, 4.69) is 5.10 Å². The first-order valence-corrected chi connectivity index (χ1v) is 5.02. The number of para-hydroxylation sites is 2. The maximum absolute atomic E-state index is 11.9. The lowest BCUT2D eigenvalue weighted by Gasteiger charge is -2.03. The fourth-order valence-corrected chi connectivity index (χ4v) is 1.57. The van der Waals surface area contributed by atoms with E-state index in [0.29, 0.717) is 24.2 Å². The molecule has 0 radical (unpaired) electrons. The van der Waals surface area contributed by atoms with Crippen LogP contribution in [0.2, 0.25) is 0 Å². The van der Waals surface area contributed by atoms with E-state index in [1.54, 1.807) is 24.4 Å². The minimum absolute atomic E-state index is 0.0609. The third-order valence-electron chi connectivity index (χ3n) is 2.38. The van der Waals surface area contributed by atoms with Crippen molar-refractivity contribution in [2.75, 3.05) is 6.54 Å². The number of aromatic amines is 1. The number of hydrogen-bond donors (Lipinski definition) is 3. The summed E-state index contributed by atoms with van der Waals surface area (Å²) in [7, 11) is 0. The van der Waals surface area contributed by atoms with Gasteiger partial charge in [-0.15, -0.1) is 0 Å². The molecule has 16 heavy (non-hydrogen) atoms. The molecule has 0 spiro atoms. The predicted octanol–water partition coefficient (Wildman–Crippen LogP) is 0.372. The second-order valence-electron chi connectivity index (χ2n) is 3.47. The van der Waals surface area contributed by atoms with Crippen molar-refractivity contribution in [1.82, 2.24) is 9.78 Å². The molecular formula is C11H13N3O2. The van der Waals surface area contributed by atoms with E-state index in [-0.39, 0.29) is 11.3 Å². The minimum Gasteiger partial charge on any atom is -0.506 e. The van der Waals surface area contributed by atoms with E-state index in [0.717, 1.165) is 0 Å². The summed E-state index contributed by atoms with van der Waals surface area (Å²) in [6.45, 7) is 0.424. The van der Waals surface area contributed by atoms with Crippen molar-refractivity contribution in [3.8, 4) is 11.4 Å². The van der Waals surface area contributed by atoms with E-state index in [4.69, 9.17) is 5.73 Å². The summed E-state index contributed by atoms with van der Waals surface area (Å²) in [6.07, 6.45) is 2.14. The average molecular weight is 219 g/mol. The van der Waals surface area contributed by atoms with Crippen LogP contribution in [0.25, 0.3) is 5.69 Å². The number of phenols is 1. The fourth-order valence-electron chi connectivity index (χ4n) is 1.57. The molecule has 2 aromatic rings. The van der Waals surface area contributed by atoms with Gasteiger partial charge in [0.2, 0.25) is 0 Å². The quantitative estimate of drug-likeness (QED) is 0.697. The van der Waals surface area contributed by atoms with E-state index in [9.17, 15) is 9.90 Å². The lowest BCUT2D eigenvalue weighted by molar-refractivity contribution is 0.470. The molecule has 1 heterocycles. The molecular weight excluding hydrogens is 206 g/mol. The molecule has 0 unspecified atom stereocenters. The Labute approximate surface area is 92.1 Å². The number of aromatic nitrogens is 2. The van der Waals surface area contributed by atoms with Gasteiger partial charge in [0, 0.05) is 11.8 Å². The Kier molecular flexibility index (Phi) is 2.78. The number of hydrogen-bond acceptors (Lipinski definition) is 3. The summed E-state index contributed by atoms with van der Waals surface area (Å²) in [4.78, 5) is 11.9. The van der Waals surface area contributed by atoms with Crippen LogP contribution in [-0.2, 0) is 6.42 Å². The van der Waals surface area contributed by atoms with Crippen LogP contribution in [0.15, 0.2) is 35.3 Å². The molecule has 1 aromatic heterocycles. The summed E-state index contributed by atoms with van der Waals surface area (Å²) in [6, 6.07) is 6.66. The molecule has 84 valence electrons. The van der Waals surface area contributed by atoms with Gasteiger partial charge >= 0.3 is 0 Å².